The topological polar surface area (TPSA) is 196 Å². The van der Waals surface area contributed by atoms with Gasteiger partial charge in [-0.1, -0.05) is 39.0 Å². The fourth-order valence-electron chi connectivity index (χ4n) is 4.22. The highest BCUT2D eigenvalue weighted by molar-refractivity contribution is 5.69. The monoisotopic (exact) mass is 510 g/mol. The molecule has 12 heteroatoms. The van der Waals surface area contributed by atoms with Gasteiger partial charge in [0, 0.05) is 6.42 Å². The minimum absolute atomic E-state index is 0.242. The molecule has 0 amide bonds. The van der Waals surface area contributed by atoms with Gasteiger partial charge in [-0.15, -0.1) is 0 Å². The van der Waals surface area contributed by atoms with Gasteiger partial charge in [0.25, 0.3) is 0 Å². The van der Waals surface area contributed by atoms with E-state index in [1.807, 2.05) is 0 Å². The summed E-state index contributed by atoms with van der Waals surface area (Å²) in [5.41, 5.74) is 0. The predicted molar refractivity (Wildman–Crippen MR) is 120 cm³/mol. The van der Waals surface area contributed by atoms with Gasteiger partial charge in [0.15, 0.2) is 0 Å². The first-order valence-electron chi connectivity index (χ1n) is 12.4. The lowest BCUT2D eigenvalue weighted by atomic mass is 9.95. The zero-order valence-electron chi connectivity index (χ0n) is 20.2. The van der Waals surface area contributed by atoms with Crippen LogP contribution in [0.5, 0.6) is 0 Å². The van der Waals surface area contributed by atoms with Gasteiger partial charge in [0.2, 0.25) is 0 Å². The molecule has 2 aliphatic heterocycles. The van der Waals surface area contributed by atoms with Crippen LogP contribution in [0.15, 0.2) is 0 Å². The molecule has 2 rings (SSSR count). The Balaban J connectivity index is 1.77. The van der Waals surface area contributed by atoms with Crippen molar-refractivity contribution in [2.75, 3.05) is 26.4 Å². The highest BCUT2D eigenvalue weighted by Crippen LogP contribution is 2.24. The molecule has 35 heavy (non-hydrogen) atoms. The van der Waals surface area contributed by atoms with Crippen molar-refractivity contribution in [2.45, 2.75) is 113 Å². The average Bonchev–Trinajstić information content (AvgIpc) is 2.85. The number of carbonyl (C=O) groups excluding carboxylic acids is 1. The van der Waals surface area contributed by atoms with E-state index >= 15 is 0 Å². The summed E-state index contributed by atoms with van der Waals surface area (Å²) in [5, 5.41) is 69.6. The Kier molecular flexibility index (Phi) is 13.3. The van der Waals surface area contributed by atoms with Crippen molar-refractivity contribution in [1.29, 1.82) is 0 Å². The van der Waals surface area contributed by atoms with E-state index in [9.17, 15) is 40.5 Å². The molecule has 0 saturated carbocycles. The molecule has 0 spiro atoms. The Morgan fingerprint density at radius 1 is 0.657 bits per heavy atom. The summed E-state index contributed by atoms with van der Waals surface area (Å²) in [6.07, 6.45) is -6.98. The quantitative estimate of drug-likeness (QED) is 0.100. The Bertz CT molecular complexity index is 605. The van der Waals surface area contributed by atoms with Crippen LogP contribution in [-0.4, -0.2) is 129 Å². The van der Waals surface area contributed by atoms with Crippen LogP contribution in [0.25, 0.3) is 0 Å². The van der Waals surface area contributed by atoms with Crippen molar-refractivity contribution < 1.29 is 59.5 Å². The van der Waals surface area contributed by atoms with Crippen molar-refractivity contribution in [2.24, 2.45) is 0 Å². The number of rotatable bonds is 14. The molecule has 0 bridgehead atoms. The maximum atomic E-state index is 12.0. The van der Waals surface area contributed by atoms with Gasteiger partial charge in [-0.3, -0.25) is 4.79 Å². The first-order chi connectivity index (χ1) is 16.7. The average molecular weight is 511 g/mol. The van der Waals surface area contributed by atoms with Crippen LogP contribution >= 0.6 is 0 Å². The number of aliphatic hydroxyl groups excluding tert-OH is 7. The standard InChI is InChI=1S/C23H42O12/c1-2-3-4-5-6-7-8-17(25)33-12-16-21(29)23(31)20(28)15(35-16)11-32-10-14-19(27)22(30)18(26)13(9-24)34-14/h13-16,18-24,26-31H,2-12H2,1H3/t13?,14-,15+,16?,18-,19?,20+,21+,22-,23?/m1/s1. The van der Waals surface area contributed by atoms with E-state index in [2.05, 4.69) is 6.92 Å². The molecule has 0 aromatic rings. The van der Waals surface area contributed by atoms with Crippen LogP contribution in [0.4, 0.5) is 0 Å². The summed E-state index contributed by atoms with van der Waals surface area (Å²) in [4.78, 5) is 12.0. The largest absolute Gasteiger partial charge is 0.463 e. The van der Waals surface area contributed by atoms with Gasteiger partial charge in [-0.2, -0.15) is 0 Å². The zero-order valence-corrected chi connectivity index (χ0v) is 20.2. The molecule has 2 heterocycles. The lowest BCUT2D eigenvalue weighted by Crippen LogP contribution is -2.61. The summed E-state index contributed by atoms with van der Waals surface area (Å²) in [6, 6.07) is 0. The molecule has 0 radical (unpaired) electrons. The third-order valence-electron chi connectivity index (χ3n) is 6.51. The van der Waals surface area contributed by atoms with Crippen molar-refractivity contribution in [3.63, 3.8) is 0 Å². The second kappa shape index (κ2) is 15.4. The molecular formula is C23H42O12. The Labute approximate surface area is 205 Å². The zero-order chi connectivity index (χ0) is 26.0. The van der Waals surface area contributed by atoms with E-state index in [-0.39, 0.29) is 26.2 Å². The highest BCUT2D eigenvalue weighted by atomic mass is 16.6. The molecule has 206 valence electrons. The second-order valence-electron chi connectivity index (χ2n) is 9.29. The second-order valence-corrected chi connectivity index (χ2v) is 9.29. The van der Waals surface area contributed by atoms with E-state index < -0.39 is 73.6 Å². The van der Waals surface area contributed by atoms with Crippen LogP contribution in [0.1, 0.15) is 51.9 Å². The van der Waals surface area contributed by atoms with Crippen molar-refractivity contribution in [3.8, 4) is 0 Å². The maximum absolute atomic E-state index is 12.0. The normalized spacial score (nSPS) is 37.8. The summed E-state index contributed by atoms with van der Waals surface area (Å²) in [5.74, 6) is -0.438. The van der Waals surface area contributed by atoms with Gasteiger partial charge < -0.3 is 54.7 Å². The van der Waals surface area contributed by atoms with Crippen LogP contribution in [0.2, 0.25) is 0 Å². The van der Waals surface area contributed by atoms with E-state index in [4.69, 9.17) is 18.9 Å². The van der Waals surface area contributed by atoms with Gasteiger partial charge in [0.05, 0.1) is 19.8 Å². The number of aliphatic hydroxyl groups is 7. The predicted octanol–water partition coefficient (Wildman–Crippen LogP) is -2.01. The Hall–Kier alpha value is -0.930. The Morgan fingerprint density at radius 3 is 1.66 bits per heavy atom. The fraction of sp³-hybridized carbons (Fsp3) is 0.957. The SMILES string of the molecule is CCCCCCCCC(=O)OCC1O[C@@H](COC[C@H]2OC(CO)[C@@H](O)[C@@H](O)C2O)[C@H](O)C(O)[C@H]1O. The summed E-state index contributed by atoms with van der Waals surface area (Å²) >= 11 is 0. The van der Waals surface area contributed by atoms with Crippen LogP contribution < -0.4 is 0 Å². The van der Waals surface area contributed by atoms with Crippen molar-refractivity contribution >= 4 is 5.97 Å². The third kappa shape index (κ3) is 8.85. The number of hydrogen-bond acceptors (Lipinski definition) is 12. The third-order valence-corrected chi connectivity index (χ3v) is 6.51. The number of carbonyl (C=O) groups is 1. The van der Waals surface area contributed by atoms with Crippen molar-refractivity contribution in [1.82, 2.24) is 0 Å². The van der Waals surface area contributed by atoms with Crippen molar-refractivity contribution in [3.05, 3.63) is 0 Å². The van der Waals surface area contributed by atoms with Gasteiger partial charge in [0.1, 0.15) is 67.6 Å². The maximum Gasteiger partial charge on any atom is 0.305 e. The van der Waals surface area contributed by atoms with Gasteiger partial charge in [-0.25, -0.2) is 0 Å². The van der Waals surface area contributed by atoms with Crippen LogP contribution in [0, 0.1) is 0 Å². The molecule has 7 N–H and O–H groups in total. The number of ether oxygens (including phenoxy) is 4. The van der Waals surface area contributed by atoms with E-state index in [0.29, 0.717) is 6.42 Å². The molecule has 2 aliphatic rings. The molecule has 0 aromatic heterocycles. The summed E-state index contributed by atoms with van der Waals surface area (Å²) in [7, 11) is 0. The summed E-state index contributed by atoms with van der Waals surface area (Å²) < 4.78 is 21.6. The minimum Gasteiger partial charge on any atom is -0.463 e. The first kappa shape index (κ1) is 30.3. The molecule has 2 saturated heterocycles. The van der Waals surface area contributed by atoms with E-state index in [0.717, 1.165) is 25.7 Å². The highest BCUT2D eigenvalue weighted by Gasteiger charge is 2.46. The smallest absolute Gasteiger partial charge is 0.305 e. The number of hydrogen-bond donors (Lipinski definition) is 7. The molecule has 2 fully saturated rings. The molecule has 0 aromatic carbocycles. The van der Waals surface area contributed by atoms with Gasteiger partial charge in [-0.05, 0) is 6.42 Å². The van der Waals surface area contributed by atoms with Crippen LogP contribution in [0.3, 0.4) is 0 Å². The molecule has 4 unspecified atom stereocenters. The fourth-order valence-corrected chi connectivity index (χ4v) is 4.22. The van der Waals surface area contributed by atoms with E-state index in [1.165, 1.54) is 6.42 Å². The first-order valence-corrected chi connectivity index (χ1v) is 12.4. The number of unbranched alkanes of at least 4 members (excludes halogenated alkanes) is 5. The minimum atomic E-state index is -1.56. The molecule has 10 atom stereocenters. The lowest BCUT2D eigenvalue weighted by molar-refractivity contribution is -0.255. The van der Waals surface area contributed by atoms with Crippen LogP contribution in [-0.2, 0) is 23.7 Å². The van der Waals surface area contributed by atoms with E-state index in [1.54, 1.807) is 0 Å². The number of esters is 1. The molecule has 12 nitrogen and oxygen atoms in total. The summed E-state index contributed by atoms with van der Waals surface area (Å²) in [6.45, 7) is 0.705. The van der Waals surface area contributed by atoms with Gasteiger partial charge >= 0.3 is 5.97 Å². The Morgan fingerprint density at radius 2 is 1.11 bits per heavy atom. The molecule has 0 aliphatic carbocycles. The molecular weight excluding hydrogens is 468 g/mol. The lowest BCUT2D eigenvalue weighted by Gasteiger charge is -2.41.